The summed E-state index contributed by atoms with van der Waals surface area (Å²) in [6.07, 6.45) is 0.922. The molecule has 0 fully saturated rings. The van der Waals surface area contributed by atoms with Gasteiger partial charge in [-0.2, -0.15) is 0 Å². The summed E-state index contributed by atoms with van der Waals surface area (Å²) < 4.78 is 10.7. The van der Waals surface area contributed by atoms with Crippen LogP contribution in [0.25, 0.3) is 11.0 Å². The van der Waals surface area contributed by atoms with Crippen molar-refractivity contribution in [2.24, 2.45) is 0 Å². The highest BCUT2D eigenvalue weighted by atomic mass is 16.5. The van der Waals surface area contributed by atoms with Crippen molar-refractivity contribution in [2.75, 3.05) is 27.7 Å². The molecule has 3 N–H and O–H groups in total. The van der Waals surface area contributed by atoms with Crippen molar-refractivity contribution in [3.8, 4) is 5.75 Å². The number of ether oxygens (including phenoxy) is 1. The van der Waals surface area contributed by atoms with E-state index in [1.807, 2.05) is 18.2 Å². The normalized spacial score (nSPS) is 12.5. The first-order valence-corrected chi connectivity index (χ1v) is 9.83. The molecule has 0 unspecified atom stereocenters. The van der Waals surface area contributed by atoms with E-state index in [9.17, 15) is 4.79 Å². The molecule has 0 bridgehead atoms. The summed E-state index contributed by atoms with van der Waals surface area (Å²) in [5, 5.41) is 3.29. The summed E-state index contributed by atoms with van der Waals surface area (Å²) in [6.45, 7) is 3.76. The Balaban J connectivity index is 1.76. The van der Waals surface area contributed by atoms with Crippen LogP contribution >= 0.6 is 0 Å². The first-order chi connectivity index (χ1) is 13.5. The Morgan fingerprint density at radius 1 is 1.11 bits per heavy atom. The van der Waals surface area contributed by atoms with Crippen molar-refractivity contribution >= 4 is 11.0 Å². The lowest BCUT2D eigenvalue weighted by molar-refractivity contribution is -0.910. The molecule has 3 rings (SSSR count). The molecule has 0 amide bonds. The van der Waals surface area contributed by atoms with Crippen molar-refractivity contribution in [3.63, 3.8) is 0 Å². The summed E-state index contributed by atoms with van der Waals surface area (Å²) in [7, 11) is 6.02. The lowest BCUT2D eigenvalue weighted by Gasteiger charge is -2.20. The molecule has 28 heavy (non-hydrogen) atoms. The maximum Gasteiger partial charge on any atom is 0.336 e. The number of hydrogen-bond donors (Lipinski definition) is 2. The van der Waals surface area contributed by atoms with E-state index in [-0.39, 0.29) is 5.63 Å². The number of rotatable bonds is 8. The molecule has 0 aliphatic heterocycles. The molecule has 5 heteroatoms. The van der Waals surface area contributed by atoms with Crippen LogP contribution in [-0.2, 0) is 13.0 Å². The van der Waals surface area contributed by atoms with Crippen LogP contribution in [0.4, 0.5) is 0 Å². The molecule has 0 saturated carbocycles. The van der Waals surface area contributed by atoms with Crippen molar-refractivity contribution in [1.29, 1.82) is 0 Å². The minimum Gasteiger partial charge on any atom is -0.497 e. The molecule has 1 heterocycles. The van der Waals surface area contributed by atoms with Crippen molar-refractivity contribution < 1.29 is 19.4 Å². The second kappa shape index (κ2) is 9.04. The second-order valence-corrected chi connectivity index (χ2v) is 7.41. The van der Waals surface area contributed by atoms with Crippen LogP contribution in [0.2, 0.25) is 0 Å². The van der Waals surface area contributed by atoms with Gasteiger partial charge in [-0.1, -0.05) is 19.1 Å². The predicted molar refractivity (Wildman–Crippen MR) is 111 cm³/mol. The number of nitrogens with one attached hydrogen (secondary N) is 1. The number of benzene rings is 2. The summed E-state index contributed by atoms with van der Waals surface area (Å²) in [4.78, 5) is 13.4. The summed E-state index contributed by atoms with van der Waals surface area (Å²) in [5.74, 6) is 0.870. The molecule has 1 atom stereocenters. The lowest BCUT2D eigenvalue weighted by atomic mass is 10.0. The molecular formula is C23H30N2O3+2. The number of likely N-dealkylation sites (N-methyl/N-ethyl adjacent to an activating group) is 1. The van der Waals surface area contributed by atoms with Gasteiger partial charge in [0.2, 0.25) is 0 Å². The Kier molecular flexibility index (Phi) is 6.49. The smallest absolute Gasteiger partial charge is 0.336 e. The zero-order chi connectivity index (χ0) is 20.1. The van der Waals surface area contributed by atoms with Crippen molar-refractivity contribution in [3.05, 3.63) is 75.6 Å². The Hall–Kier alpha value is -2.63. The molecule has 3 aromatic rings. The van der Waals surface area contributed by atoms with Gasteiger partial charge < -0.3 is 19.4 Å². The molecule has 0 spiro atoms. The summed E-state index contributed by atoms with van der Waals surface area (Å²) in [5.41, 5.74) is 3.88. The minimum absolute atomic E-state index is 0.283. The van der Waals surface area contributed by atoms with Crippen LogP contribution in [0, 0.1) is 0 Å². The van der Waals surface area contributed by atoms with Gasteiger partial charge >= 0.3 is 5.63 Å². The van der Waals surface area contributed by atoms with Crippen LogP contribution in [0.15, 0.2) is 57.7 Å². The molecule has 5 nitrogen and oxygen atoms in total. The van der Waals surface area contributed by atoms with Gasteiger partial charge in [0.15, 0.2) is 6.04 Å². The number of fused-ring (bicyclic) bond motifs is 1. The summed E-state index contributed by atoms with van der Waals surface area (Å²) >= 11 is 0. The van der Waals surface area contributed by atoms with Crippen molar-refractivity contribution in [1.82, 2.24) is 0 Å². The minimum atomic E-state index is -0.283. The lowest BCUT2D eigenvalue weighted by Crippen LogP contribution is -3.09. The second-order valence-electron chi connectivity index (χ2n) is 7.41. The molecule has 148 valence electrons. The van der Waals surface area contributed by atoms with Gasteiger partial charge in [0.05, 0.1) is 21.2 Å². The van der Waals surface area contributed by atoms with E-state index in [0.29, 0.717) is 11.6 Å². The first kappa shape index (κ1) is 20.1. The largest absolute Gasteiger partial charge is 0.497 e. The van der Waals surface area contributed by atoms with E-state index in [2.05, 4.69) is 50.6 Å². The highest BCUT2D eigenvalue weighted by Gasteiger charge is 2.20. The van der Waals surface area contributed by atoms with E-state index in [1.54, 1.807) is 13.2 Å². The molecular weight excluding hydrogens is 352 g/mol. The van der Waals surface area contributed by atoms with Gasteiger partial charge in [-0.15, -0.1) is 0 Å². The highest BCUT2D eigenvalue weighted by molar-refractivity contribution is 5.80. The predicted octanol–water partition coefficient (Wildman–Crippen LogP) is 1.31. The van der Waals surface area contributed by atoms with Crippen LogP contribution in [0.3, 0.4) is 0 Å². The Morgan fingerprint density at radius 3 is 2.50 bits per heavy atom. The SMILES string of the molecule is CCc1ccc2c(C[NH2+]C[C@@H](c3ccc(OC)cc3)[NH+](C)C)cc(=O)oc2c1. The van der Waals surface area contributed by atoms with Gasteiger partial charge in [0, 0.05) is 22.6 Å². The molecule has 0 saturated heterocycles. The fourth-order valence-electron chi connectivity index (χ4n) is 3.61. The number of hydrogen-bond acceptors (Lipinski definition) is 3. The van der Waals surface area contributed by atoms with Crippen LogP contribution < -0.4 is 20.6 Å². The Labute approximate surface area is 165 Å². The fraction of sp³-hybridized carbons (Fsp3) is 0.348. The maximum atomic E-state index is 12.0. The average Bonchev–Trinajstić information content (AvgIpc) is 2.70. The molecule has 2 aromatic carbocycles. The molecule has 0 aliphatic carbocycles. The van der Waals surface area contributed by atoms with E-state index < -0.39 is 0 Å². The van der Waals surface area contributed by atoms with Gasteiger partial charge in [0.1, 0.15) is 24.4 Å². The van der Waals surface area contributed by atoms with Gasteiger partial charge in [-0.3, -0.25) is 0 Å². The van der Waals surface area contributed by atoms with Crippen molar-refractivity contribution in [2.45, 2.75) is 25.9 Å². The molecule has 0 radical (unpaired) electrons. The third-order valence-electron chi connectivity index (χ3n) is 5.28. The highest BCUT2D eigenvalue weighted by Crippen LogP contribution is 2.19. The zero-order valence-electron chi connectivity index (χ0n) is 17.1. The fourth-order valence-corrected chi connectivity index (χ4v) is 3.61. The Bertz CT molecular complexity index is 977. The van der Waals surface area contributed by atoms with Crippen LogP contribution in [0.5, 0.6) is 5.75 Å². The standard InChI is InChI=1S/C23H28N2O3/c1-5-16-6-11-20-18(13-23(26)28-22(20)12-16)14-24-15-21(25(2)3)17-7-9-19(27-4)10-8-17/h6-13,21,24H,5,14-15H2,1-4H3/p+2/t21-/m0/s1. The van der Waals surface area contributed by atoms with Gasteiger partial charge in [-0.25, -0.2) is 4.79 Å². The molecule has 0 aliphatic rings. The maximum absolute atomic E-state index is 12.0. The van der Waals surface area contributed by atoms with Crippen LogP contribution in [-0.4, -0.2) is 27.7 Å². The average molecular weight is 383 g/mol. The van der Waals surface area contributed by atoms with Gasteiger partial charge in [0.25, 0.3) is 0 Å². The first-order valence-electron chi connectivity index (χ1n) is 9.83. The Morgan fingerprint density at radius 2 is 1.86 bits per heavy atom. The van der Waals surface area contributed by atoms with E-state index in [4.69, 9.17) is 9.15 Å². The van der Waals surface area contributed by atoms with E-state index in [0.717, 1.165) is 36.2 Å². The number of quaternary nitrogens is 2. The number of methoxy groups -OCH3 is 1. The van der Waals surface area contributed by atoms with Gasteiger partial charge in [-0.05, 0) is 42.3 Å². The topological polar surface area (TPSA) is 60.5 Å². The zero-order valence-corrected chi connectivity index (χ0v) is 17.1. The monoisotopic (exact) mass is 382 g/mol. The third-order valence-corrected chi connectivity index (χ3v) is 5.28. The molecule has 1 aromatic heterocycles. The quantitative estimate of drug-likeness (QED) is 0.578. The summed E-state index contributed by atoms with van der Waals surface area (Å²) in [6, 6.07) is 16.4. The van der Waals surface area contributed by atoms with E-state index >= 15 is 0 Å². The third kappa shape index (κ3) is 4.61. The number of nitrogens with two attached hydrogens (primary N) is 1. The van der Waals surface area contributed by atoms with Crippen LogP contribution in [0.1, 0.15) is 29.7 Å². The number of aryl methyl sites for hydroxylation is 1. The van der Waals surface area contributed by atoms with E-state index in [1.165, 1.54) is 16.0 Å².